The zero-order chi connectivity index (χ0) is 17.6. The Morgan fingerprint density at radius 3 is 1.09 bits per heavy atom. The second-order valence-corrected chi connectivity index (χ2v) is 5.81. The molecule has 134 valence electrons. The maximum atomic E-state index is 9.03. The van der Waals surface area contributed by atoms with Crippen molar-refractivity contribution in [3.8, 4) is 0 Å². The van der Waals surface area contributed by atoms with Gasteiger partial charge >= 0.3 is 0 Å². The summed E-state index contributed by atoms with van der Waals surface area (Å²) in [6.45, 7) is 3.20. The maximum Gasteiger partial charge on any atom is 0.0629 e. The Labute approximate surface area is 132 Å². The molecule has 0 aromatic heterocycles. The fourth-order valence-electron chi connectivity index (χ4n) is 1.06. The fourth-order valence-corrected chi connectivity index (χ4v) is 1.06. The minimum Gasteiger partial charge on any atom is -0.396 e. The molecule has 0 amide bonds. The molecule has 0 atom stereocenters. The molecule has 22 heavy (non-hydrogen) atoms. The first kappa shape index (κ1) is 23.7. The van der Waals surface area contributed by atoms with Crippen LogP contribution >= 0.6 is 0 Å². The van der Waals surface area contributed by atoms with Crippen molar-refractivity contribution < 1.29 is 35.4 Å². The Kier molecular flexibility index (Phi) is 14.0. The molecular weight excluding hydrogens is 292 g/mol. The van der Waals surface area contributed by atoms with Crippen LogP contribution in [-0.4, -0.2) is 83.5 Å². The van der Waals surface area contributed by atoms with Crippen LogP contribution in [0.4, 0.5) is 0 Å². The molecule has 0 spiro atoms. The lowest BCUT2D eigenvalue weighted by molar-refractivity contribution is -0.103. The van der Waals surface area contributed by atoms with Crippen LogP contribution in [0.1, 0.15) is 20.8 Å². The molecule has 0 fully saturated rings. The van der Waals surface area contributed by atoms with Gasteiger partial charge in [0.05, 0.1) is 63.7 Å². The number of rotatable bonds is 10. The van der Waals surface area contributed by atoms with Crippen molar-refractivity contribution in [3.05, 3.63) is 11.6 Å². The highest BCUT2D eigenvalue weighted by Gasteiger charge is 2.32. The van der Waals surface area contributed by atoms with Crippen molar-refractivity contribution in [1.29, 1.82) is 0 Å². The molecule has 0 heterocycles. The molecule has 0 aliphatic heterocycles. The Morgan fingerprint density at radius 1 is 0.727 bits per heavy atom. The van der Waals surface area contributed by atoms with Gasteiger partial charge in [0.15, 0.2) is 0 Å². The van der Waals surface area contributed by atoms with E-state index in [4.69, 9.17) is 35.4 Å². The molecule has 0 saturated heterocycles. The Hall–Kier alpha value is -0.540. The number of hydrogen-bond donors (Lipinski definition) is 6. The molecule has 0 aliphatic rings. The monoisotopic (exact) mass is 324 g/mol. The van der Waals surface area contributed by atoms with E-state index < -0.39 is 50.5 Å². The molecule has 0 saturated carbocycles. The minimum atomic E-state index is -1.16. The molecular formula is C15H32O7. The number of hydrogen-bond acceptors (Lipinski definition) is 7. The Balaban J connectivity index is 0. The van der Waals surface area contributed by atoms with Gasteiger partial charge in [0.1, 0.15) is 0 Å². The van der Waals surface area contributed by atoms with E-state index in [-0.39, 0.29) is 13.2 Å². The van der Waals surface area contributed by atoms with Crippen LogP contribution in [0, 0.1) is 10.8 Å². The lowest BCUT2D eigenvalue weighted by Crippen LogP contribution is -2.43. The first-order valence-electron chi connectivity index (χ1n) is 7.17. The van der Waals surface area contributed by atoms with Gasteiger partial charge < -0.3 is 35.4 Å². The van der Waals surface area contributed by atoms with E-state index in [2.05, 4.69) is 19.9 Å². The second kappa shape index (κ2) is 13.0. The van der Waals surface area contributed by atoms with Crippen LogP contribution in [0.5, 0.6) is 0 Å². The van der Waals surface area contributed by atoms with E-state index >= 15 is 0 Å². The third kappa shape index (κ3) is 8.79. The van der Waals surface area contributed by atoms with Crippen LogP contribution in [0.25, 0.3) is 0 Å². The lowest BCUT2D eigenvalue weighted by atomic mass is 9.91. The van der Waals surface area contributed by atoms with Crippen LogP contribution in [0.3, 0.4) is 0 Å². The van der Waals surface area contributed by atoms with Gasteiger partial charge in [0, 0.05) is 0 Å². The predicted octanol–water partition coefficient (Wildman–Crippen LogP) is -1.10. The van der Waals surface area contributed by atoms with Crippen molar-refractivity contribution in [2.24, 2.45) is 10.8 Å². The summed E-state index contributed by atoms with van der Waals surface area (Å²) in [5, 5.41) is 54.2. The Morgan fingerprint density at radius 2 is 0.955 bits per heavy atom. The van der Waals surface area contributed by atoms with Crippen LogP contribution < -0.4 is 0 Å². The first-order chi connectivity index (χ1) is 10.3. The van der Waals surface area contributed by atoms with Gasteiger partial charge in [-0.25, -0.2) is 0 Å². The van der Waals surface area contributed by atoms with Gasteiger partial charge in [-0.05, 0) is 20.8 Å². The van der Waals surface area contributed by atoms with Gasteiger partial charge in [-0.1, -0.05) is 11.6 Å². The summed E-state index contributed by atoms with van der Waals surface area (Å²) in [5.41, 5.74) is -0.942. The molecule has 0 aromatic carbocycles. The highest BCUT2D eigenvalue weighted by molar-refractivity contribution is 4.88. The summed E-state index contributed by atoms with van der Waals surface area (Å²) < 4.78 is 5.15. The van der Waals surface area contributed by atoms with E-state index in [1.165, 1.54) is 5.57 Å². The largest absolute Gasteiger partial charge is 0.396 e. The molecule has 0 radical (unpaired) electrons. The van der Waals surface area contributed by atoms with Crippen molar-refractivity contribution in [3.63, 3.8) is 0 Å². The first-order valence-corrected chi connectivity index (χ1v) is 7.17. The van der Waals surface area contributed by atoms with E-state index in [0.717, 1.165) is 0 Å². The zero-order valence-corrected chi connectivity index (χ0v) is 13.8. The number of aliphatic hydroxyl groups is 6. The SMILES string of the molecule is CC=C(C)C.OCC(CO)(CO)COCC(CO)(CO)CO. The minimum absolute atomic E-state index is 0.141. The summed E-state index contributed by atoms with van der Waals surface area (Å²) in [5.74, 6) is 0. The fraction of sp³-hybridized carbons (Fsp3) is 0.867. The third-order valence-corrected chi connectivity index (χ3v) is 3.41. The van der Waals surface area contributed by atoms with Crippen LogP contribution in [-0.2, 0) is 4.74 Å². The molecule has 0 rings (SSSR count). The number of ether oxygens (including phenoxy) is 1. The molecule has 7 nitrogen and oxygen atoms in total. The van der Waals surface area contributed by atoms with Gasteiger partial charge in [-0.15, -0.1) is 0 Å². The summed E-state index contributed by atoms with van der Waals surface area (Å²) in [6.07, 6.45) is 2.08. The highest BCUT2D eigenvalue weighted by Crippen LogP contribution is 2.19. The molecule has 7 heteroatoms. The average Bonchev–Trinajstić information content (AvgIpc) is 2.57. The molecule has 6 N–H and O–H groups in total. The van der Waals surface area contributed by atoms with Gasteiger partial charge in [-0.3, -0.25) is 0 Å². The lowest BCUT2D eigenvalue weighted by Gasteiger charge is -2.31. The zero-order valence-electron chi connectivity index (χ0n) is 13.8. The molecule has 0 aromatic rings. The summed E-state index contributed by atoms with van der Waals surface area (Å²) >= 11 is 0. The topological polar surface area (TPSA) is 131 Å². The number of allylic oxidation sites excluding steroid dienone is 2. The van der Waals surface area contributed by atoms with E-state index in [9.17, 15) is 0 Å². The Bertz CT molecular complexity index is 243. The van der Waals surface area contributed by atoms with Gasteiger partial charge in [-0.2, -0.15) is 0 Å². The average molecular weight is 324 g/mol. The van der Waals surface area contributed by atoms with Gasteiger partial charge in [0.25, 0.3) is 0 Å². The standard InChI is InChI=1S/C10H22O7.C5H10/c11-1-9(2-12,3-13)7-17-8-10(4-14,5-15)6-16;1-4-5(2)3/h11-16H,1-8H2;4H,1-3H3. The molecule has 0 unspecified atom stereocenters. The summed E-state index contributed by atoms with van der Waals surface area (Å²) in [7, 11) is 0. The van der Waals surface area contributed by atoms with E-state index in [0.29, 0.717) is 0 Å². The quantitative estimate of drug-likeness (QED) is 0.281. The van der Waals surface area contributed by atoms with Crippen molar-refractivity contribution in [1.82, 2.24) is 0 Å². The maximum absolute atomic E-state index is 9.03. The smallest absolute Gasteiger partial charge is 0.0629 e. The van der Waals surface area contributed by atoms with E-state index in [1.54, 1.807) is 0 Å². The number of aliphatic hydroxyl groups excluding tert-OH is 6. The third-order valence-electron chi connectivity index (χ3n) is 3.41. The van der Waals surface area contributed by atoms with Crippen LogP contribution in [0.15, 0.2) is 11.6 Å². The summed E-state index contributed by atoms with van der Waals surface area (Å²) in [6, 6.07) is 0. The molecule has 0 aliphatic carbocycles. The normalized spacial score (nSPS) is 11.7. The van der Waals surface area contributed by atoms with Crippen LogP contribution in [0.2, 0.25) is 0 Å². The van der Waals surface area contributed by atoms with E-state index in [1.807, 2.05) is 6.92 Å². The second-order valence-electron chi connectivity index (χ2n) is 5.81. The molecule has 0 bridgehead atoms. The highest BCUT2D eigenvalue weighted by atomic mass is 16.5. The van der Waals surface area contributed by atoms with Crippen molar-refractivity contribution >= 4 is 0 Å². The predicted molar refractivity (Wildman–Crippen MR) is 83.3 cm³/mol. The summed E-state index contributed by atoms with van der Waals surface area (Å²) in [4.78, 5) is 0. The van der Waals surface area contributed by atoms with Crippen molar-refractivity contribution in [2.75, 3.05) is 52.9 Å². The van der Waals surface area contributed by atoms with Gasteiger partial charge in [0.2, 0.25) is 0 Å². The van der Waals surface area contributed by atoms with Crippen molar-refractivity contribution in [2.45, 2.75) is 20.8 Å².